The number of hydrogen-bond donors (Lipinski definition) is 0. The van der Waals surface area contributed by atoms with E-state index in [1.54, 1.807) is 28.2 Å². The fourth-order valence-electron chi connectivity index (χ4n) is 2.78. The van der Waals surface area contributed by atoms with Gasteiger partial charge in [0.15, 0.2) is 0 Å². The topological polar surface area (TPSA) is 34.9 Å². The number of pyridine rings is 2. The van der Waals surface area contributed by atoms with Gasteiger partial charge in [-0.15, -0.1) is 11.3 Å². The maximum atomic E-state index is 12.8. The van der Waals surface area contributed by atoms with Crippen LogP contribution < -0.4 is 5.56 Å². The average Bonchev–Trinajstić information content (AvgIpc) is 3.10. The van der Waals surface area contributed by atoms with Crippen molar-refractivity contribution in [3.05, 3.63) is 86.6 Å². The molecular formula is C19H13ClN2OS. The first kappa shape index (κ1) is 15.1. The Kier molecular flexibility index (Phi) is 3.92. The summed E-state index contributed by atoms with van der Waals surface area (Å²) in [5.41, 5.74) is 2.53. The van der Waals surface area contributed by atoms with E-state index in [9.17, 15) is 4.79 Å². The molecule has 0 atom stereocenters. The number of aromatic nitrogens is 2. The van der Waals surface area contributed by atoms with Crippen LogP contribution in [0.5, 0.6) is 0 Å². The van der Waals surface area contributed by atoms with Crippen molar-refractivity contribution < 1.29 is 0 Å². The second-order valence-corrected chi connectivity index (χ2v) is 6.93. The Balaban J connectivity index is 1.98. The zero-order valence-corrected chi connectivity index (χ0v) is 14.2. The summed E-state index contributed by atoms with van der Waals surface area (Å²) < 4.78 is 1.74. The molecule has 0 bridgehead atoms. The lowest BCUT2D eigenvalue weighted by atomic mass is 10.0. The quantitative estimate of drug-likeness (QED) is 0.529. The number of rotatable bonds is 3. The second-order valence-electron chi connectivity index (χ2n) is 5.47. The highest BCUT2D eigenvalue weighted by Crippen LogP contribution is 2.27. The van der Waals surface area contributed by atoms with Gasteiger partial charge >= 0.3 is 0 Å². The maximum Gasteiger partial charge on any atom is 0.260 e. The fourth-order valence-corrected chi connectivity index (χ4v) is 3.67. The molecule has 3 nitrogen and oxygen atoms in total. The van der Waals surface area contributed by atoms with Crippen molar-refractivity contribution in [3.8, 4) is 11.1 Å². The number of halogens is 1. The Morgan fingerprint density at radius 3 is 2.83 bits per heavy atom. The molecule has 0 aliphatic heterocycles. The minimum absolute atomic E-state index is 0.0303. The van der Waals surface area contributed by atoms with Crippen LogP contribution in [0.3, 0.4) is 0 Å². The predicted octanol–water partition coefficient (Wildman–Crippen LogP) is 4.83. The molecule has 1 aromatic carbocycles. The van der Waals surface area contributed by atoms with Crippen LogP contribution in [0, 0.1) is 0 Å². The molecule has 24 heavy (non-hydrogen) atoms. The first-order valence-corrected chi connectivity index (χ1v) is 8.74. The van der Waals surface area contributed by atoms with E-state index >= 15 is 0 Å². The van der Waals surface area contributed by atoms with Crippen molar-refractivity contribution >= 4 is 33.8 Å². The van der Waals surface area contributed by atoms with Crippen molar-refractivity contribution in [1.29, 1.82) is 0 Å². The lowest BCUT2D eigenvalue weighted by Crippen LogP contribution is -2.20. The van der Waals surface area contributed by atoms with Gasteiger partial charge in [-0.25, -0.2) is 0 Å². The van der Waals surface area contributed by atoms with E-state index in [1.165, 1.54) is 0 Å². The fraction of sp³-hybridized carbons (Fsp3) is 0.0526. The monoisotopic (exact) mass is 352 g/mol. The Morgan fingerprint density at radius 1 is 1.12 bits per heavy atom. The molecule has 0 fully saturated rings. The summed E-state index contributed by atoms with van der Waals surface area (Å²) in [5.74, 6) is 0. The third-order valence-corrected chi connectivity index (χ3v) is 4.98. The van der Waals surface area contributed by atoms with E-state index in [-0.39, 0.29) is 5.56 Å². The van der Waals surface area contributed by atoms with Crippen LogP contribution in [0.4, 0.5) is 0 Å². The van der Waals surface area contributed by atoms with Gasteiger partial charge in [-0.1, -0.05) is 29.8 Å². The number of benzene rings is 1. The van der Waals surface area contributed by atoms with E-state index in [0.29, 0.717) is 22.5 Å². The normalized spacial score (nSPS) is 11.0. The van der Waals surface area contributed by atoms with Crippen LogP contribution in [-0.2, 0) is 6.54 Å². The van der Waals surface area contributed by atoms with Crippen LogP contribution in [-0.4, -0.2) is 9.55 Å². The summed E-state index contributed by atoms with van der Waals surface area (Å²) >= 11 is 7.78. The third kappa shape index (κ3) is 2.75. The maximum absolute atomic E-state index is 12.8. The minimum atomic E-state index is -0.0303. The zero-order valence-electron chi connectivity index (χ0n) is 12.6. The molecule has 0 saturated heterocycles. The zero-order chi connectivity index (χ0) is 16.5. The predicted molar refractivity (Wildman–Crippen MR) is 99.9 cm³/mol. The highest BCUT2D eigenvalue weighted by Gasteiger charge is 2.12. The molecule has 5 heteroatoms. The van der Waals surface area contributed by atoms with Crippen molar-refractivity contribution in [1.82, 2.24) is 9.55 Å². The van der Waals surface area contributed by atoms with E-state index in [1.807, 2.05) is 54.0 Å². The first-order valence-electron chi connectivity index (χ1n) is 7.49. The average molecular weight is 353 g/mol. The van der Waals surface area contributed by atoms with Crippen molar-refractivity contribution in [3.63, 3.8) is 0 Å². The van der Waals surface area contributed by atoms with E-state index in [0.717, 1.165) is 16.0 Å². The van der Waals surface area contributed by atoms with E-state index < -0.39 is 0 Å². The van der Waals surface area contributed by atoms with Gasteiger partial charge in [-0.3, -0.25) is 9.78 Å². The molecule has 0 spiro atoms. The first-order chi connectivity index (χ1) is 11.7. The molecule has 3 heterocycles. The van der Waals surface area contributed by atoms with Gasteiger partial charge in [0.1, 0.15) is 0 Å². The van der Waals surface area contributed by atoms with Crippen molar-refractivity contribution in [2.45, 2.75) is 6.54 Å². The lowest BCUT2D eigenvalue weighted by molar-refractivity contribution is 0.780. The summed E-state index contributed by atoms with van der Waals surface area (Å²) in [6.45, 7) is 0.550. The van der Waals surface area contributed by atoms with Crippen LogP contribution in [0.1, 0.15) is 4.88 Å². The number of hydrogen-bond acceptors (Lipinski definition) is 3. The molecule has 0 saturated carbocycles. The van der Waals surface area contributed by atoms with Gasteiger partial charge in [-0.2, -0.15) is 0 Å². The van der Waals surface area contributed by atoms with Crippen LogP contribution in [0.2, 0.25) is 5.02 Å². The highest BCUT2D eigenvalue weighted by molar-refractivity contribution is 7.09. The molecule has 3 aromatic heterocycles. The molecule has 0 aliphatic rings. The highest BCUT2D eigenvalue weighted by atomic mass is 35.5. The summed E-state index contributed by atoms with van der Waals surface area (Å²) in [7, 11) is 0. The summed E-state index contributed by atoms with van der Waals surface area (Å²) in [6, 6.07) is 15.3. The Hall–Kier alpha value is -2.43. The third-order valence-electron chi connectivity index (χ3n) is 3.88. The molecule has 0 amide bonds. The largest absolute Gasteiger partial charge is 0.309 e. The molecule has 0 unspecified atom stereocenters. The SMILES string of the molecule is O=c1c2cccnc2c(-c2cccc(Cl)c2)cn1Cc1cccs1. The lowest BCUT2D eigenvalue weighted by Gasteiger charge is -2.11. The Labute approximate surface area is 147 Å². The summed E-state index contributed by atoms with van der Waals surface area (Å²) in [4.78, 5) is 18.4. The molecule has 0 N–H and O–H groups in total. The van der Waals surface area contributed by atoms with Gasteiger partial charge in [0, 0.05) is 27.9 Å². The number of nitrogens with zero attached hydrogens (tertiary/aromatic N) is 2. The number of thiophene rings is 1. The second kappa shape index (κ2) is 6.23. The van der Waals surface area contributed by atoms with Gasteiger partial charge in [0.25, 0.3) is 5.56 Å². The Bertz CT molecular complexity index is 1070. The van der Waals surface area contributed by atoms with Gasteiger partial charge in [0.2, 0.25) is 0 Å². The molecule has 118 valence electrons. The molecular weight excluding hydrogens is 340 g/mol. The molecule has 0 radical (unpaired) electrons. The van der Waals surface area contributed by atoms with E-state index in [4.69, 9.17) is 11.6 Å². The smallest absolute Gasteiger partial charge is 0.260 e. The molecule has 4 aromatic rings. The standard InChI is InChI=1S/C19H13ClN2OS/c20-14-5-1-4-13(10-14)17-12-22(11-15-6-3-9-24-15)19(23)16-7-2-8-21-18(16)17/h1-10,12H,11H2. The van der Waals surface area contributed by atoms with E-state index in [2.05, 4.69) is 4.98 Å². The Morgan fingerprint density at radius 2 is 2.04 bits per heavy atom. The van der Waals surface area contributed by atoms with Crippen LogP contribution in [0.15, 0.2) is 71.1 Å². The minimum Gasteiger partial charge on any atom is -0.309 e. The number of fused-ring (bicyclic) bond motifs is 1. The van der Waals surface area contributed by atoms with Gasteiger partial charge in [-0.05, 0) is 41.3 Å². The molecule has 0 aliphatic carbocycles. The van der Waals surface area contributed by atoms with Crippen molar-refractivity contribution in [2.75, 3.05) is 0 Å². The van der Waals surface area contributed by atoms with Crippen LogP contribution in [0.25, 0.3) is 22.0 Å². The van der Waals surface area contributed by atoms with Gasteiger partial charge < -0.3 is 4.57 Å². The van der Waals surface area contributed by atoms with Crippen molar-refractivity contribution in [2.24, 2.45) is 0 Å². The molecule has 4 rings (SSSR count). The van der Waals surface area contributed by atoms with Crippen LogP contribution >= 0.6 is 22.9 Å². The summed E-state index contributed by atoms with van der Waals surface area (Å²) in [5, 5.41) is 3.29. The summed E-state index contributed by atoms with van der Waals surface area (Å²) in [6.07, 6.45) is 3.59. The van der Waals surface area contributed by atoms with Gasteiger partial charge in [0.05, 0.1) is 17.4 Å².